The van der Waals surface area contributed by atoms with Crippen molar-refractivity contribution in [2.75, 3.05) is 14.2 Å². The molecule has 0 spiro atoms. The fraction of sp³-hybridized carbons (Fsp3) is 0.250. The van der Waals surface area contributed by atoms with Gasteiger partial charge in [-0.3, -0.25) is 4.79 Å². The molecule has 1 atom stereocenters. The van der Waals surface area contributed by atoms with Crippen molar-refractivity contribution in [1.29, 1.82) is 0 Å². The van der Waals surface area contributed by atoms with Gasteiger partial charge >= 0.3 is 0 Å². The summed E-state index contributed by atoms with van der Waals surface area (Å²) in [7, 11) is 3.18. The van der Waals surface area contributed by atoms with Crippen molar-refractivity contribution in [3.63, 3.8) is 0 Å². The minimum absolute atomic E-state index is 0.0728. The van der Waals surface area contributed by atoms with Crippen LogP contribution in [0.15, 0.2) is 67.0 Å². The van der Waals surface area contributed by atoms with E-state index in [9.17, 15) is 9.90 Å². The number of hydrogen-bond donors (Lipinski definition) is 2. The molecule has 0 fully saturated rings. The van der Waals surface area contributed by atoms with Gasteiger partial charge in [0.1, 0.15) is 23.0 Å². The molecule has 0 radical (unpaired) electrons. The van der Waals surface area contributed by atoms with Crippen molar-refractivity contribution < 1.29 is 19.4 Å². The summed E-state index contributed by atoms with van der Waals surface area (Å²) in [4.78, 5) is 22.3. The van der Waals surface area contributed by atoms with Crippen LogP contribution in [0, 0.1) is 6.92 Å². The highest BCUT2D eigenvalue weighted by atomic mass is 16.5. The van der Waals surface area contributed by atoms with Crippen molar-refractivity contribution >= 4 is 5.91 Å². The molecule has 1 amide bonds. The van der Waals surface area contributed by atoms with Gasteiger partial charge in [-0.05, 0) is 60.9 Å². The van der Waals surface area contributed by atoms with Crippen LogP contribution in [0.25, 0.3) is 11.3 Å². The summed E-state index contributed by atoms with van der Waals surface area (Å²) < 4.78 is 12.7. The minimum Gasteiger partial charge on any atom is -0.497 e. The van der Waals surface area contributed by atoms with E-state index in [-0.39, 0.29) is 18.6 Å². The molecule has 2 aromatic heterocycles. The zero-order chi connectivity index (χ0) is 25.7. The third kappa shape index (κ3) is 5.72. The number of amides is 1. The van der Waals surface area contributed by atoms with Crippen LogP contribution in [0.4, 0.5) is 0 Å². The number of methoxy groups -OCH3 is 2. The molecule has 0 bridgehead atoms. The Morgan fingerprint density at radius 3 is 2.44 bits per heavy atom. The van der Waals surface area contributed by atoms with E-state index in [2.05, 4.69) is 15.3 Å². The predicted molar refractivity (Wildman–Crippen MR) is 137 cm³/mol. The first-order valence-corrected chi connectivity index (χ1v) is 11.6. The maximum atomic E-state index is 13.4. The number of nitrogens with zero attached hydrogens (tertiary/aromatic N) is 3. The average Bonchev–Trinajstić information content (AvgIpc) is 3.31. The molecule has 4 aromatic rings. The molecule has 2 heterocycles. The quantitative estimate of drug-likeness (QED) is 0.366. The number of hydrogen-bond acceptors (Lipinski definition) is 6. The van der Waals surface area contributed by atoms with Gasteiger partial charge in [-0.15, -0.1) is 0 Å². The molecular formula is C28H30N4O4. The van der Waals surface area contributed by atoms with Crippen LogP contribution in [-0.2, 0) is 13.2 Å². The minimum atomic E-state index is -0.316. The number of carbonyl (C=O) groups is 1. The lowest BCUT2D eigenvalue weighted by atomic mass is 10.0. The van der Waals surface area contributed by atoms with Gasteiger partial charge in [0.2, 0.25) is 0 Å². The molecule has 4 rings (SSSR count). The van der Waals surface area contributed by atoms with Gasteiger partial charge in [0.15, 0.2) is 0 Å². The van der Waals surface area contributed by atoms with Crippen molar-refractivity contribution in [3.8, 4) is 22.8 Å². The number of ether oxygens (including phenoxy) is 2. The normalized spacial score (nSPS) is 11.7. The molecule has 186 valence electrons. The van der Waals surface area contributed by atoms with Gasteiger partial charge in [-0.25, -0.2) is 9.97 Å². The summed E-state index contributed by atoms with van der Waals surface area (Å²) in [6, 6.07) is 16.5. The van der Waals surface area contributed by atoms with Crippen LogP contribution < -0.4 is 14.8 Å². The first kappa shape index (κ1) is 24.9. The maximum Gasteiger partial charge on any atom is 0.270 e. The van der Waals surface area contributed by atoms with Gasteiger partial charge in [0, 0.05) is 30.6 Å². The average molecular weight is 487 g/mol. The van der Waals surface area contributed by atoms with Gasteiger partial charge in [0.05, 0.1) is 32.6 Å². The van der Waals surface area contributed by atoms with E-state index >= 15 is 0 Å². The molecule has 36 heavy (non-hydrogen) atoms. The number of imidazole rings is 1. The lowest BCUT2D eigenvalue weighted by molar-refractivity contribution is 0.0934. The second-order valence-electron chi connectivity index (χ2n) is 8.55. The Morgan fingerprint density at radius 2 is 1.81 bits per heavy atom. The molecule has 0 saturated carbocycles. The number of nitrogens with one attached hydrogen (secondary N) is 1. The van der Waals surface area contributed by atoms with E-state index in [4.69, 9.17) is 9.47 Å². The maximum absolute atomic E-state index is 13.4. The summed E-state index contributed by atoms with van der Waals surface area (Å²) in [5, 5.41) is 12.6. The van der Waals surface area contributed by atoms with E-state index < -0.39 is 0 Å². The lowest BCUT2D eigenvalue weighted by Crippen LogP contribution is -2.27. The van der Waals surface area contributed by atoms with Crippen LogP contribution in [0.5, 0.6) is 11.5 Å². The SMILES string of the molecule is COc1cc(OC)cc(C(C)NC(=O)c2cc(Cn3ccnc3C)cc(-c3cccc(CO)c3)n2)c1. The predicted octanol–water partition coefficient (Wildman–Crippen LogP) is 4.30. The fourth-order valence-electron chi connectivity index (χ4n) is 3.97. The molecular weight excluding hydrogens is 456 g/mol. The van der Waals surface area contributed by atoms with Gasteiger partial charge in [-0.2, -0.15) is 0 Å². The molecule has 0 aliphatic heterocycles. The van der Waals surface area contributed by atoms with E-state index in [0.717, 1.165) is 28.1 Å². The Morgan fingerprint density at radius 1 is 1.06 bits per heavy atom. The lowest BCUT2D eigenvalue weighted by Gasteiger charge is -2.17. The van der Waals surface area contributed by atoms with Crippen LogP contribution >= 0.6 is 0 Å². The first-order chi connectivity index (χ1) is 17.4. The highest BCUT2D eigenvalue weighted by Gasteiger charge is 2.17. The number of carbonyl (C=O) groups excluding carboxylic acids is 1. The Labute approximate surface area is 210 Å². The number of aliphatic hydroxyl groups is 1. The topological polar surface area (TPSA) is 98.5 Å². The molecule has 2 aromatic carbocycles. The van der Waals surface area contributed by atoms with Crippen LogP contribution in [0.3, 0.4) is 0 Å². The second-order valence-corrected chi connectivity index (χ2v) is 8.55. The van der Waals surface area contributed by atoms with E-state index in [1.807, 2.05) is 67.1 Å². The zero-order valence-corrected chi connectivity index (χ0v) is 20.9. The number of aliphatic hydroxyl groups excluding tert-OH is 1. The van der Waals surface area contributed by atoms with Gasteiger partial charge in [-0.1, -0.05) is 18.2 Å². The van der Waals surface area contributed by atoms with Crippen molar-refractivity contribution in [2.45, 2.75) is 33.0 Å². The molecule has 8 heteroatoms. The Kier molecular flexibility index (Phi) is 7.65. The summed E-state index contributed by atoms with van der Waals surface area (Å²) in [5.41, 5.74) is 4.32. The highest BCUT2D eigenvalue weighted by molar-refractivity contribution is 5.93. The van der Waals surface area contributed by atoms with E-state index in [1.54, 1.807) is 32.5 Å². The standard InChI is InChI=1S/C28H30N4O4/c1-18(23-13-24(35-3)15-25(14-23)36-4)30-28(34)27-12-21(16-32-9-8-29-19(32)2)11-26(31-27)22-7-5-6-20(10-22)17-33/h5-15,18,33H,16-17H2,1-4H3,(H,30,34). The van der Waals surface area contributed by atoms with Gasteiger partial charge < -0.3 is 24.5 Å². The molecule has 0 saturated heterocycles. The number of aryl methyl sites for hydroxylation is 1. The first-order valence-electron chi connectivity index (χ1n) is 11.6. The third-order valence-electron chi connectivity index (χ3n) is 6.02. The summed E-state index contributed by atoms with van der Waals surface area (Å²) in [5.74, 6) is 1.87. The molecule has 8 nitrogen and oxygen atoms in total. The smallest absolute Gasteiger partial charge is 0.270 e. The number of aromatic nitrogens is 3. The monoisotopic (exact) mass is 486 g/mol. The van der Waals surface area contributed by atoms with Crippen molar-refractivity contribution in [2.24, 2.45) is 0 Å². The van der Waals surface area contributed by atoms with Crippen LogP contribution in [0.2, 0.25) is 0 Å². The van der Waals surface area contributed by atoms with Crippen molar-refractivity contribution in [1.82, 2.24) is 19.9 Å². The number of benzene rings is 2. The number of pyridine rings is 1. The van der Waals surface area contributed by atoms with E-state index in [0.29, 0.717) is 29.4 Å². The van der Waals surface area contributed by atoms with E-state index in [1.165, 1.54) is 0 Å². The summed E-state index contributed by atoms with van der Waals surface area (Å²) >= 11 is 0. The number of rotatable bonds is 9. The van der Waals surface area contributed by atoms with Crippen LogP contribution in [0.1, 0.15) is 46.0 Å². The largest absolute Gasteiger partial charge is 0.497 e. The Balaban J connectivity index is 1.68. The highest BCUT2D eigenvalue weighted by Crippen LogP contribution is 2.27. The molecule has 0 aliphatic carbocycles. The third-order valence-corrected chi connectivity index (χ3v) is 6.02. The second kappa shape index (κ2) is 11.0. The molecule has 2 N–H and O–H groups in total. The molecule has 0 aliphatic rings. The van der Waals surface area contributed by atoms with Crippen LogP contribution in [-0.4, -0.2) is 39.8 Å². The summed E-state index contributed by atoms with van der Waals surface area (Å²) in [6.07, 6.45) is 3.65. The Hall–Kier alpha value is -4.17. The fourth-order valence-corrected chi connectivity index (χ4v) is 3.97. The van der Waals surface area contributed by atoms with Crippen molar-refractivity contribution in [3.05, 3.63) is 95.2 Å². The van der Waals surface area contributed by atoms with Gasteiger partial charge in [0.25, 0.3) is 5.91 Å². The molecule has 1 unspecified atom stereocenters. The Bertz CT molecular complexity index is 1340. The summed E-state index contributed by atoms with van der Waals surface area (Å²) in [6.45, 7) is 4.31. The zero-order valence-electron chi connectivity index (χ0n) is 20.9.